The Hall–Kier alpha value is -1.68. The van der Waals surface area contributed by atoms with E-state index in [1.165, 1.54) is 6.42 Å². The van der Waals surface area contributed by atoms with Crippen molar-refractivity contribution in [3.8, 4) is 0 Å². The van der Waals surface area contributed by atoms with Crippen molar-refractivity contribution in [2.75, 3.05) is 26.7 Å². The lowest BCUT2D eigenvalue weighted by Crippen LogP contribution is -2.47. The van der Waals surface area contributed by atoms with Crippen LogP contribution in [0, 0.1) is 5.92 Å². The number of hydrogen-bond acceptors (Lipinski definition) is 3. The number of Topliss-reactive ketones (excluding diaryl/α,β-unsaturated/α-hetero) is 1. The van der Waals surface area contributed by atoms with E-state index in [0.29, 0.717) is 30.4 Å². The van der Waals surface area contributed by atoms with Gasteiger partial charge in [-0.25, -0.2) is 0 Å². The van der Waals surface area contributed by atoms with Crippen LogP contribution in [0.25, 0.3) is 0 Å². The topological polar surface area (TPSA) is 40.6 Å². The monoisotopic (exact) mass is 300 g/mol. The number of fused-ring (bicyclic) bond motifs is 4. The lowest BCUT2D eigenvalue weighted by molar-refractivity contribution is -0.135. The maximum absolute atomic E-state index is 12.5. The number of benzene rings is 1. The van der Waals surface area contributed by atoms with Crippen LogP contribution >= 0.6 is 0 Å². The van der Waals surface area contributed by atoms with Gasteiger partial charge in [-0.2, -0.15) is 0 Å². The Morgan fingerprint density at radius 2 is 1.82 bits per heavy atom. The third kappa shape index (κ3) is 3.38. The number of piperidine rings is 1. The van der Waals surface area contributed by atoms with Crippen LogP contribution in [0.4, 0.5) is 0 Å². The molecule has 0 aliphatic carbocycles. The first-order valence-electron chi connectivity index (χ1n) is 8.19. The van der Waals surface area contributed by atoms with Crippen molar-refractivity contribution in [2.45, 2.75) is 31.7 Å². The Morgan fingerprint density at radius 3 is 2.59 bits per heavy atom. The average molecular weight is 300 g/mol. The summed E-state index contributed by atoms with van der Waals surface area (Å²) in [5, 5.41) is 0. The molecule has 3 heterocycles. The van der Waals surface area contributed by atoms with E-state index in [-0.39, 0.29) is 11.7 Å². The highest BCUT2D eigenvalue weighted by molar-refractivity contribution is 5.97. The summed E-state index contributed by atoms with van der Waals surface area (Å²) in [5.74, 6) is 0.804. The van der Waals surface area contributed by atoms with E-state index in [1.807, 2.05) is 35.2 Å². The number of likely N-dealkylation sites (N-methyl/N-ethyl adjacent to an activating group) is 1. The molecule has 0 saturated carbocycles. The molecule has 4 rings (SSSR count). The Morgan fingerprint density at radius 1 is 1.05 bits per heavy atom. The molecule has 2 bridgehead atoms. The molecule has 1 aromatic carbocycles. The third-order valence-corrected chi connectivity index (χ3v) is 4.88. The summed E-state index contributed by atoms with van der Waals surface area (Å²) >= 11 is 0. The lowest BCUT2D eigenvalue weighted by Gasteiger charge is -2.36. The molecule has 3 fully saturated rings. The number of carbonyl (C=O) groups excluding carboxylic acids is 2. The fourth-order valence-electron chi connectivity index (χ4n) is 3.75. The van der Waals surface area contributed by atoms with E-state index in [4.69, 9.17) is 0 Å². The predicted octanol–water partition coefficient (Wildman–Crippen LogP) is 2.20. The van der Waals surface area contributed by atoms with Gasteiger partial charge in [-0.15, -0.1) is 0 Å². The SMILES string of the molecule is CN1C[C@H]2CC[C@@H](C1)N(C(=O)CCC(=O)c1ccccc1)C2. The van der Waals surface area contributed by atoms with Crippen LogP contribution in [0.2, 0.25) is 0 Å². The van der Waals surface area contributed by atoms with Gasteiger partial charge in [0.1, 0.15) is 0 Å². The number of hydrogen-bond donors (Lipinski definition) is 0. The molecule has 22 heavy (non-hydrogen) atoms. The number of rotatable bonds is 4. The number of nitrogens with zero attached hydrogens (tertiary/aromatic N) is 2. The summed E-state index contributed by atoms with van der Waals surface area (Å²) < 4.78 is 0. The van der Waals surface area contributed by atoms with E-state index in [9.17, 15) is 9.59 Å². The van der Waals surface area contributed by atoms with Gasteiger partial charge in [0.2, 0.25) is 5.91 Å². The van der Waals surface area contributed by atoms with Gasteiger partial charge in [-0.1, -0.05) is 30.3 Å². The van der Waals surface area contributed by atoms with Gasteiger partial charge in [0.05, 0.1) is 0 Å². The maximum Gasteiger partial charge on any atom is 0.223 e. The molecule has 3 aliphatic rings. The molecule has 0 unspecified atom stereocenters. The minimum Gasteiger partial charge on any atom is -0.338 e. The Balaban J connectivity index is 1.57. The molecule has 0 spiro atoms. The first-order valence-corrected chi connectivity index (χ1v) is 8.19. The van der Waals surface area contributed by atoms with Gasteiger partial charge in [0.25, 0.3) is 0 Å². The molecule has 4 nitrogen and oxygen atoms in total. The van der Waals surface area contributed by atoms with E-state index < -0.39 is 0 Å². The van der Waals surface area contributed by atoms with E-state index >= 15 is 0 Å². The third-order valence-electron chi connectivity index (χ3n) is 4.88. The van der Waals surface area contributed by atoms with Gasteiger partial charge in [-0.3, -0.25) is 9.59 Å². The quantitative estimate of drug-likeness (QED) is 0.801. The highest BCUT2D eigenvalue weighted by Gasteiger charge is 2.35. The Kier molecular flexibility index (Phi) is 4.57. The van der Waals surface area contributed by atoms with Crippen molar-refractivity contribution in [2.24, 2.45) is 5.92 Å². The zero-order valence-corrected chi connectivity index (χ0v) is 13.2. The molecule has 4 heteroatoms. The van der Waals surface area contributed by atoms with E-state index in [2.05, 4.69) is 11.9 Å². The minimum atomic E-state index is 0.0612. The van der Waals surface area contributed by atoms with Gasteiger partial charge in [-0.05, 0) is 25.8 Å². The molecular weight excluding hydrogens is 276 g/mol. The highest BCUT2D eigenvalue weighted by atomic mass is 16.2. The number of ketones is 1. The highest BCUT2D eigenvalue weighted by Crippen LogP contribution is 2.28. The molecule has 3 aliphatic heterocycles. The van der Waals surface area contributed by atoms with Crippen molar-refractivity contribution < 1.29 is 9.59 Å². The smallest absolute Gasteiger partial charge is 0.223 e. The van der Waals surface area contributed by atoms with E-state index in [1.54, 1.807) is 0 Å². The summed E-state index contributed by atoms with van der Waals surface area (Å²) in [6.07, 6.45) is 2.97. The summed E-state index contributed by atoms with van der Waals surface area (Å²) in [6, 6.07) is 9.58. The molecule has 2 atom stereocenters. The van der Waals surface area contributed by atoms with Crippen LogP contribution in [0.15, 0.2) is 30.3 Å². The van der Waals surface area contributed by atoms with Gasteiger partial charge < -0.3 is 9.80 Å². The van der Waals surface area contributed by atoms with Gasteiger partial charge >= 0.3 is 0 Å². The summed E-state index contributed by atoms with van der Waals surface area (Å²) in [5.41, 5.74) is 0.701. The number of carbonyl (C=O) groups is 2. The van der Waals surface area contributed by atoms with Crippen LogP contribution in [0.3, 0.4) is 0 Å². The van der Waals surface area contributed by atoms with Gasteiger partial charge in [0, 0.05) is 44.1 Å². The van der Waals surface area contributed by atoms with Crippen LogP contribution < -0.4 is 0 Å². The largest absolute Gasteiger partial charge is 0.338 e. The molecular formula is C18H24N2O2. The van der Waals surface area contributed by atoms with Crippen molar-refractivity contribution in [3.05, 3.63) is 35.9 Å². The fraction of sp³-hybridized carbons (Fsp3) is 0.556. The summed E-state index contributed by atoms with van der Waals surface area (Å²) in [7, 11) is 2.14. The predicted molar refractivity (Wildman–Crippen MR) is 85.7 cm³/mol. The minimum absolute atomic E-state index is 0.0612. The van der Waals surface area contributed by atoms with Gasteiger partial charge in [0.15, 0.2) is 5.78 Å². The summed E-state index contributed by atoms with van der Waals surface area (Å²) in [6.45, 7) is 2.92. The first kappa shape index (κ1) is 15.2. The molecule has 0 aromatic heterocycles. The number of amides is 1. The normalized spacial score (nSPS) is 25.0. The lowest BCUT2D eigenvalue weighted by atomic mass is 9.94. The molecule has 0 N–H and O–H groups in total. The van der Waals surface area contributed by atoms with Crippen molar-refractivity contribution >= 4 is 11.7 Å². The van der Waals surface area contributed by atoms with Crippen LogP contribution in [0.5, 0.6) is 0 Å². The fourth-order valence-corrected chi connectivity index (χ4v) is 3.75. The first-order chi connectivity index (χ1) is 10.6. The summed E-state index contributed by atoms with van der Waals surface area (Å²) in [4.78, 5) is 29.0. The molecule has 1 amide bonds. The molecule has 118 valence electrons. The second-order valence-corrected chi connectivity index (χ2v) is 6.65. The second-order valence-electron chi connectivity index (χ2n) is 6.65. The standard InChI is InChI=1S/C18H24N2O2/c1-19-11-14-7-8-16(13-19)20(12-14)18(22)10-9-17(21)15-5-3-2-4-6-15/h2-6,14,16H,7-13H2,1H3/t14-,16+/m1/s1. The van der Waals surface area contributed by atoms with Crippen molar-refractivity contribution in [1.82, 2.24) is 9.80 Å². The van der Waals surface area contributed by atoms with Crippen LogP contribution in [-0.4, -0.2) is 54.2 Å². The Bertz CT molecular complexity index is 543. The zero-order valence-electron chi connectivity index (χ0n) is 13.2. The van der Waals surface area contributed by atoms with Crippen LogP contribution in [0.1, 0.15) is 36.0 Å². The van der Waals surface area contributed by atoms with Crippen LogP contribution in [-0.2, 0) is 4.79 Å². The zero-order chi connectivity index (χ0) is 15.5. The molecule has 3 saturated heterocycles. The molecule has 1 aromatic rings. The van der Waals surface area contributed by atoms with E-state index in [0.717, 1.165) is 26.1 Å². The maximum atomic E-state index is 12.5. The second kappa shape index (κ2) is 6.61. The van der Waals surface area contributed by atoms with Crippen molar-refractivity contribution in [3.63, 3.8) is 0 Å². The van der Waals surface area contributed by atoms with Crippen molar-refractivity contribution in [1.29, 1.82) is 0 Å². The Labute approximate surface area is 132 Å². The molecule has 0 radical (unpaired) electrons. The average Bonchev–Trinajstić information content (AvgIpc) is 2.81.